The summed E-state index contributed by atoms with van der Waals surface area (Å²) in [7, 11) is 0. The second-order valence-electron chi connectivity index (χ2n) is 17.3. The minimum absolute atomic E-state index is 0.109. The van der Waals surface area contributed by atoms with Gasteiger partial charge in [-0.2, -0.15) is 5.10 Å². The number of fused-ring (bicyclic) bond motifs is 4. The number of nitrogens with two attached hydrogens (primary N) is 1. The third-order valence-electron chi connectivity index (χ3n) is 13.9. The first kappa shape index (κ1) is 36.1. The van der Waals surface area contributed by atoms with E-state index in [-0.39, 0.29) is 24.8 Å². The van der Waals surface area contributed by atoms with Gasteiger partial charge in [0, 0.05) is 50.2 Å². The summed E-state index contributed by atoms with van der Waals surface area (Å²) in [4.78, 5) is 66.4. The first-order valence-electron chi connectivity index (χ1n) is 20.9. The number of likely N-dealkylation sites (tertiary alicyclic amines) is 1. The molecule has 3 N–H and O–H groups in total. The molecule has 4 amide bonds. The lowest BCUT2D eigenvalue weighted by Crippen LogP contribution is -2.54. The number of rotatable bonds is 7. The number of piperidine rings is 1. The summed E-state index contributed by atoms with van der Waals surface area (Å²) in [6.07, 6.45) is 8.49. The van der Waals surface area contributed by atoms with Crippen molar-refractivity contribution in [2.75, 3.05) is 18.8 Å². The molecule has 2 saturated carbocycles. The van der Waals surface area contributed by atoms with E-state index in [2.05, 4.69) is 24.8 Å². The molecular weight excluding hydrogens is 747 g/mol. The van der Waals surface area contributed by atoms with Gasteiger partial charge in [0.1, 0.15) is 35.4 Å². The number of nitrogens with zero attached hydrogens (tertiary/aromatic N) is 7. The highest BCUT2D eigenvalue weighted by molar-refractivity contribution is 6.23. The smallest absolute Gasteiger partial charge is 0.262 e. The summed E-state index contributed by atoms with van der Waals surface area (Å²) < 4.78 is 8.15. The fraction of sp³-hybridized carbons (Fsp3) is 0.400. The van der Waals surface area contributed by atoms with E-state index < -0.39 is 23.8 Å². The zero-order valence-electron chi connectivity index (χ0n) is 32.6. The summed E-state index contributed by atoms with van der Waals surface area (Å²) in [5.41, 5.74) is 11.9. The largest absolute Gasteiger partial charge is 0.457 e. The summed E-state index contributed by atoms with van der Waals surface area (Å²) in [5, 5.41) is 8.25. The monoisotopic (exact) mass is 791 g/mol. The minimum Gasteiger partial charge on any atom is -0.457 e. The Morgan fingerprint density at radius 2 is 1.34 bits per heavy atom. The topological polar surface area (TPSA) is 169 Å². The number of para-hydroxylation sites is 1. The van der Waals surface area contributed by atoms with Crippen molar-refractivity contribution in [1.82, 2.24) is 39.8 Å². The van der Waals surface area contributed by atoms with Crippen LogP contribution in [0.3, 0.4) is 0 Å². The Hall–Kier alpha value is -5.99. The van der Waals surface area contributed by atoms with Crippen LogP contribution in [0.15, 0.2) is 73.1 Å². The van der Waals surface area contributed by atoms with E-state index in [1.807, 2.05) is 66.7 Å². The lowest BCUT2D eigenvalue weighted by Gasteiger charge is -2.38. The number of carbonyl (C=O) groups is 4. The number of nitrogens with one attached hydrogen (secondary N) is 1. The Morgan fingerprint density at radius 3 is 1.98 bits per heavy atom. The van der Waals surface area contributed by atoms with Crippen LogP contribution in [0.2, 0.25) is 0 Å². The lowest BCUT2D eigenvalue weighted by molar-refractivity contribution is -0.136. The van der Waals surface area contributed by atoms with E-state index in [1.165, 1.54) is 6.33 Å². The molecule has 0 spiro atoms. The fourth-order valence-corrected chi connectivity index (χ4v) is 11.0. The SMILES string of the molecule is Nc1ncnc2c1c(-c1ccc(Oc3ccccc3)cc1)nn2C1CC2CN(C3CCC(N4Cc5cc6c(cc5C4)C(=O)N(C4CCC(=O)NC4=O)C6=O)CC3)CC2C1. The molecule has 4 fully saturated rings. The van der Waals surface area contributed by atoms with E-state index in [9.17, 15) is 19.2 Å². The molecular formula is C45H45N9O5. The van der Waals surface area contributed by atoms with Crippen LogP contribution in [0.25, 0.3) is 22.3 Å². The van der Waals surface area contributed by atoms with Crippen LogP contribution in [-0.2, 0) is 22.7 Å². The second-order valence-corrected chi connectivity index (χ2v) is 17.3. The van der Waals surface area contributed by atoms with E-state index >= 15 is 0 Å². The van der Waals surface area contributed by atoms with Crippen LogP contribution in [0.4, 0.5) is 5.82 Å². The van der Waals surface area contributed by atoms with Crippen LogP contribution < -0.4 is 15.8 Å². The molecule has 59 heavy (non-hydrogen) atoms. The van der Waals surface area contributed by atoms with Crippen LogP contribution in [0.1, 0.15) is 89.3 Å². The normalized spacial score (nSPS) is 27.0. The Bertz CT molecular complexity index is 2470. The van der Waals surface area contributed by atoms with Gasteiger partial charge in [-0.15, -0.1) is 0 Å². The number of hydrogen-bond donors (Lipinski definition) is 2. The number of anilines is 1. The lowest BCUT2D eigenvalue weighted by atomic mass is 9.89. The maximum absolute atomic E-state index is 13.4. The minimum atomic E-state index is -0.949. The second kappa shape index (κ2) is 14.1. The maximum atomic E-state index is 13.4. The third kappa shape index (κ3) is 6.19. The predicted octanol–water partition coefficient (Wildman–Crippen LogP) is 5.48. The van der Waals surface area contributed by atoms with Crippen molar-refractivity contribution in [2.24, 2.45) is 11.8 Å². The van der Waals surface area contributed by atoms with Crippen LogP contribution in [0, 0.1) is 11.8 Å². The number of aromatic nitrogens is 4. The molecule has 14 nitrogen and oxygen atoms in total. The van der Waals surface area contributed by atoms with Gasteiger partial charge in [0.15, 0.2) is 5.65 Å². The van der Waals surface area contributed by atoms with Crippen molar-refractivity contribution in [3.8, 4) is 22.8 Å². The predicted molar refractivity (Wildman–Crippen MR) is 217 cm³/mol. The molecule has 6 heterocycles. The number of nitrogen functional groups attached to an aromatic ring is 1. The van der Waals surface area contributed by atoms with Gasteiger partial charge in [-0.3, -0.25) is 39.2 Å². The Balaban J connectivity index is 0.711. The summed E-state index contributed by atoms with van der Waals surface area (Å²) in [6, 6.07) is 21.8. The molecule has 11 rings (SSSR count). The Kier molecular flexibility index (Phi) is 8.62. The van der Waals surface area contributed by atoms with E-state index in [4.69, 9.17) is 20.6 Å². The average molecular weight is 792 g/mol. The van der Waals surface area contributed by atoms with Crippen molar-refractivity contribution in [2.45, 2.75) is 88.6 Å². The third-order valence-corrected chi connectivity index (χ3v) is 13.9. The van der Waals surface area contributed by atoms with Gasteiger partial charge in [0.05, 0.1) is 22.6 Å². The maximum Gasteiger partial charge on any atom is 0.262 e. The van der Waals surface area contributed by atoms with Crippen LogP contribution in [0.5, 0.6) is 11.5 Å². The standard InChI is InChI=1S/C45H45N9O5/c46-41-39-40(25-6-12-34(13-7-25)59-33-4-2-1-3-5-33)50-54(42(39)48-24-47-41)32-16-26-20-51(21-27(26)17-32)30-8-10-31(11-9-30)52-22-28-18-35-36(19-29(28)23-52)45(58)53(44(35)57)37-14-15-38(55)49-43(37)56/h1-7,12-13,18-19,24,26-27,30-32,37H,8-11,14-17,20-23H2,(H2,46,47,48)(H,49,55,56). The number of benzene rings is 3. The van der Waals surface area contributed by atoms with Gasteiger partial charge < -0.3 is 10.5 Å². The van der Waals surface area contributed by atoms with Gasteiger partial charge in [-0.05, 0) is 116 Å². The molecule has 4 aliphatic heterocycles. The molecule has 6 aliphatic rings. The highest BCUT2D eigenvalue weighted by Gasteiger charge is 2.47. The highest BCUT2D eigenvalue weighted by Crippen LogP contribution is 2.47. The number of carbonyl (C=O) groups excluding carboxylic acids is 4. The Morgan fingerprint density at radius 1 is 0.712 bits per heavy atom. The molecule has 5 aromatic rings. The number of imide groups is 2. The molecule has 3 aromatic carbocycles. The van der Waals surface area contributed by atoms with Crippen molar-refractivity contribution < 1.29 is 23.9 Å². The molecule has 3 unspecified atom stereocenters. The molecule has 2 aromatic heterocycles. The van der Waals surface area contributed by atoms with Crippen molar-refractivity contribution in [3.63, 3.8) is 0 Å². The zero-order chi connectivity index (χ0) is 39.9. The first-order chi connectivity index (χ1) is 28.8. The quantitative estimate of drug-likeness (QED) is 0.200. The average Bonchev–Trinajstić information content (AvgIpc) is 4.06. The molecule has 0 bridgehead atoms. The van der Waals surface area contributed by atoms with E-state index in [0.29, 0.717) is 40.9 Å². The van der Waals surface area contributed by atoms with Gasteiger partial charge in [0.25, 0.3) is 11.8 Å². The van der Waals surface area contributed by atoms with Gasteiger partial charge in [0.2, 0.25) is 11.8 Å². The van der Waals surface area contributed by atoms with Crippen molar-refractivity contribution >= 4 is 40.5 Å². The number of amides is 4. The van der Waals surface area contributed by atoms with Crippen LogP contribution in [-0.4, -0.2) is 89.3 Å². The highest BCUT2D eigenvalue weighted by atomic mass is 16.5. The van der Waals surface area contributed by atoms with Gasteiger partial charge in [-0.1, -0.05) is 18.2 Å². The molecule has 3 atom stereocenters. The first-order valence-corrected chi connectivity index (χ1v) is 20.9. The number of ether oxygens (including phenoxy) is 1. The van der Waals surface area contributed by atoms with Gasteiger partial charge >= 0.3 is 0 Å². The zero-order valence-corrected chi connectivity index (χ0v) is 32.6. The summed E-state index contributed by atoms with van der Waals surface area (Å²) >= 11 is 0. The van der Waals surface area contributed by atoms with Crippen LogP contribution >= 0.6 is 0 Å². The summed E-state index contributed by atoms with van der Waals surface area (Å²) in [6.45, 7) is 3.73. The van der Waals surface area contributed by atoms with E-state index in [1.54, 1.807) is 0 Å². The number of hydrogen-bond acceptors (Lipinski definition) is 11. The van der Waals surface area contributed by atoms with E-state index in [0.717, 1.165) is 115 Å². The van der Waals surface area contributed by atoms with Crippen molar-refractivity contribution in [1.29, 1.82) is 0 Å². The Labute approximate surface area is 340 Å². The van der Waals surface area contributed by atoms with Crippen molar-refractivity contribution in [3.05, 3.63) is 95.3 Å². The fourth-order valence-electron chi connectivity index (χ4n) is 11.0. The molecule has 14 heteroatoms. The summed E-state index contributed by atoms with van der Waals surface area (Å²) in [5.74, 6) is 1.35. The molecule has 0 radical (unpaired) electrons. The molecule has 2 aliphatic carbocycles. The molecule has 300 valence electrons. The van der Waals surface area contributed by atoms with Gasteiger partial charge in [-0.25, -0.2) is 14.6 Å². The molecule has 2 saturated heterocycles.